The van der Waals surface area contributed by atoms with E-state index in [-0.39, 0.29) is 18.5 Å². The van der Waals surface area contributed by atoms with Gasteiger partial charge < -0.3 is 0 Å². The van der Waals surface area contributed by atoms with Gasteiger partial charge in [0.05, 0.1) is 5.88 Å². The van der Waals surface area contributed by atoms with E-state index in [0.717, 1.165) is 0 Å². The number of rotatable bonds is 1. The Bertz CT molecular complexity index is 62.6. The summed E-state index contributed by atoms with van der Waals surface area (Å²) in [6.45, 7) is 0. The van der Waals surface area contributed by atoms with Gasteiger partial charge in [-0.1, -0.05) is 0 Å². The molecule has 0 bridgehead atoms. The van der Waals surface area contributed by atoms with E-state index in [1.807, 2.05) is 0 Å². The Kier molecular flexibility index (Phi) is 6.54. The molecule has 0 fully saturated rings. The second-order valence-electron chi connectivity index (χ2n) is 0.544. The van der Waals surface area contributed by atoms with E-state index in [1.54, 1.807) is 0 Å². The highest BCUT2D eigenvalue weighted by molar-refractivity contribution is 14.3. The van der Waals surface area contributed by atoms with E-state index in [1.165, 1.54) is 2.42 Å². The van der Waals surface area contributed by atoms with Crippen molar-refractivity contribution in [3.63, 3.8) is 0 Å². The highest BCUT2D eigenvalue weighted by Crippen LogP contribution is 2.14. The molecule has 6 heavy (non-hydrogen) atoms. The van der Waals surface area contributed by atoms with Gasteiger partial charge >= 0.3 is 0 Å². The highest BCUT2D eigenvalue weighted by atomic mass is 127. The summed E-state index contributed by atoms with van der Waals surface area (Å²) < 4.78 is 1.20. The van der Waals surface area contributed by atoms with Crippen LogP contribution in [0.5, 0.6) is 0 Å². The van der Waals surface area contributed by atoms with Gasteiger partial charge in [-0.3, -0.25) is 0 Å². The molecule has 0 heterocycles. The average molecular weight is 348 g/mol. The molecule has 0 aliphatic carbocycles. The largest absolute Gasteiger partial charge is 0.120 e. The van der Waals surface area contributed by atoms with Gasteiger partial charge in [-0.25, -0.2) is 0 Å². The lowest BCUT2D eigenvalue weighted by molar-refractivity contribution is 2.12. The van der Waals surface area contributed by atoms with Crippen LogP contribution in [0.1, 0.15) is 0 Å². The van der Waals surface area contributed by atoms with E-state index in [4.69, 9.17) is 11.6 Å². The van der Waals surface area contributed by atoms with Crippen LogP contribution in [0.3, 0.4) is 0 Å². The Labute approximate surface area is 66.3 Å². The van der Waals surface area contributed by atoms with Crippen molar-refractivity contribution in [1.82, 2.24) is 0 Å². The Morgan fingerprint density at radius 1 is 1.83 bits per heavy atom. The first kappa shape index (κ1) is 7.85. The maximum atomic E-state index is 5.37. The highest BCUT2D eigenvalue weighted by Gasteiger charge is 1.80. The van der Waals surface area contributed by atoms with Crippen LogP contribution in [0.2, 0.25) is 0 Å². The Morgan fingerprint density at radius 2 is 2.33 bits per heavy atom. The van der Waals surface area contributed by atoms with Crippen molar-refractivity contribution in [2.24, 2.45) is 0 Å². The molecule has 0 aliphatic heterocycles. The van der Waals surface area contributed by atoms with Crippen LogP contribution in [0, 0.1) is 0 Å². The van der Waals surface area contributed by atoms with Gasteiger partial charge in [-0.2, -0.15) is 0 Å². The molecule has 0 radical (unpaired) electrons. The fourth-order valence-corrected chi connectivity index (χ4v) is 2.00. The summed E-state index contributed by atoms with van der Waals surface area (Å²) in [6.07, 6.45) is 0. The lowest BCUT2D eigenvalue weighted by Gasteiger charge is -1.77. The molecule has 0 unspecified atom stereocenters. The normalized spacial score (nSPS) is 13.5. The van der Waals surface area contributed by atoms with Crippen LogP contribution >= 0.6 is 58.7 Å². The van der Waals surface area contributed by atoms with E-state index < -0.39 is 0 Å². The quantitative estimate of drug-likeness (QED) is 0.505. The second-order valence-corrected chi connectivity index (χ2v) is 6.97. The average Bonchev–Trinajstić information content (AvgIpc) is 1.65. The molecular formula is C2H2Br2ClI. The zero-order valence-corrected chi connectivity index (χ0v) is 8.80. The molecule has 0 saturated heterocycles. The third kappa shape index (κ3) is 4.02. The zero-order chi connectivity index (χ0) is 4.99. The number of alkyl halides is 1. The Balaban J connectivity index is 3.22. The minimum Gasteiger partial charge on any atom is -0.120 e. The monoisotopic (exact) mass is 346 g/mol. The van der Waals surface area contributed by atoms with Gasteiger partial charge in [0.1, 0.15) is 0 Å². The SMILES string of the molecule is ClCC(Br)=IBr. The van der Waals surface area contributed by atoms with E-state index in [9.17, 15) is 0 Å². The Morgan fingerprint density at radius 3 is 2.33 bits per heavy atom. The van der Waals surface area contributed by atoms with Crippen LogP contribution in [-0.4, -0.2) is 8.30 Å². The number of hydrogen-bond acceptors (Lipinski definition) is 0. The molecule has 0 spiro atoms. The number of halogens is 4. The summed E-state index contributed by atoms with van der Waals surface area (Å²) >= 11 is 12.0. The Hall–Kier alpha value is 1.85. The molecule has 0 saturated carbocycles. The van der Waals surface area contributed by atoms with Crippen LogP contribution in [-0.2, 0) is 0 Å². The van der Waals surface area contributed by atoms with Crippen molar-refractivity contribution >= 4 is 61.1 Å². The summed E-state index contributed by atoms with van der Waals surface area (Å²) in [5, 5.41) is 0. The molecule has 0 nitrogen and oxygen atoms in total. The molecule has 0 aliphatic rings. The van der Waals surface area contributed by atoms with Gasteiger partial charge in [0, 0.05) is 2.42 Å². The third-order valence-corrected chi connectivity index (χ3v) is 8.45. The topological polar surface area (TPSA) is 0 Å². The molecule has 0 amide bonds. The summed E-state index contributed by atoms with van der Waals surface area (Å²) in [5.74, 6) is 0.637. The first-order valence-corrected chi connectivity index (χ1v) is 8.38. The first-order valence-electron chi connectivity index (χ1n) is 1.14. The molecular weight excluding hydrogens is 346 g/mol. The summed E-state index contributed by atoms with van der Waals surface area (Å²) in [6, 6.07) is 0. The third-order valence-electron chi connectivity index (χ3n) is 0.179. The summed E-state index contributed by atoms with van der Waals surface area (Å²) in [7, 11) is 0. The fraction of sp³-hybridized carbons (Fsp3) is 0.500. The van der Waals surface area contributed by atoms with Crippen molar-refractivity contribution in [3.05, 3.63) is 0 Å². The second kappa shape index (κ2) is 5.00. The van der Waals surface area contributed by atoms with E-state index in [0.29, 0.717) is 5.88 Å². The maximum absolute atomic E-state index is 5.37. The molecule has 0 aromatic heterocycles. The zero-order valence-electron chi connectivity index (χ0n) is 2.72. The maximum Gasteiger partial charge on any atom is 0.0599 e. The van der Waals surface area contributed by atoms with Crippen molar-refractivity contribution in [2.45, 2.75) is 0 Å². The van der Waals surface area contributed by atoms with Gasteiger partial charge in [0.2, 0.25) is 0 Å². The van der Waals surface area contributed by atoms with Crippen LogP contribution < -0.4 is 0 Å². The standard InChI is InChI=1S/C2H2Br2ClI/c3-2(1-5)6-4/h1H2. The molecule has 0 N–H and O–H groups in total. The number of hydrogen-bond donors (Lipinski definition) is 0. The fourth-order valence-electron chi connectivity index (χ4n) is 0.0191. The predicted molar refractivity (Wildman–Crippen MR) is 47.6 cm³/mol. The van der Waals surface area contributed by atoms with Crippen molar-refractivity contribution in [3.8, 4) is 0 Å². The molecule has 0 atom stereocenters. The van der Waals surface area contributed by atoms with Gasteiger partial charge in [-0.15, -0.1) is 11.6 Å². The van der Waals surface area contributed by atoms with Gasteiger partial charge in [0.25, 0.3) is 0 Å². The molecule has 38 valence electrons. The molecule has 4 heteroatoms. The van der Waals surface area contributed by atoms with Crippen molar-refractivity contribution < 1.29 is 0 Å². The van der Waals surface area contributed by atoms with E-state index >= 15 is 0 Å². The lowest BCUT2D eigenvalue weighted by atomic mass is 11.0. The van der Waals surface area contributed by atoms with Crippen LogP contribution in [0.25, 0.3) is 0 Å². The first-order chi connectivity index (χ1) is 2.81. The van der Waals surface area contributed by atoms with Crippen LogP contribution in [0.4, 0.5) is 0 Å². The molecule has 0 rings (SSSR count). The molecule has 0 aromatic rings. The lowest BCUT2D eigenvalue weighted by Crippen LogP contribution is -1.76. The summed E-state index contributed by atoms with van der Waals surface area (Å²) in [5.41, 5.74) is 0. The van der Waals surface area contributed by atoms with Crippen molar-refractivity contribution in [1.29, 1.82) is 0 Å². The smallest absolute Gasteiger partial charge is 0.0599 e. The van der Waals surface area contributed by atoms with Gasteiger partial charge in [0.15, 0.2) is 0 Å². The van der Waals surface area contributed by atoms with Crippen molar-refractivity contribution in [2.75, 3.05) is 5.88 Å². The van der Waals surface area contributed by atoms with Gasteiger partial charge in [-0.05, 0) is 47.1 Å². The predicted octanol–water partition coefficient (Wildman–Crippen LogP) is 3.03. The van der Waals surface area contributed by atoms with Crippen LogP contribution in [0.15, 0.2) is 0 Å². The summed E-state index contributed by atoms with van der Waals surface area (Å²) in [4.78, 5) is 0. The minimum absolute atomic E-state index is 0.0585. The molecule has 0 aromatic carbocycles. The van der Waals surface area contributed by atoms with E-state index in [2.05, 4.69) is 28.6 Å². The minimum atomic E-state index is 0.0585.